The third kappa shape index (κ3) is 3.94. The smallest absolute Gasteiger partial charge is 0.411 e. The predicted molar refractivity (Wildman–Crippen MR) is 105 cm³/mol. The van der Waals surface area contributed by atoms with Crippen molar-refractivity contribution in [2.75, 3.05) is 7.11 Å². The number of esters is 1. The molecule has 2 fully saturated rings. The van der Waals surface area contributed by atoms with Gasteiger partial charge in [0.05, 0.1) is 13.2 Å². The summed E-state index contributed by atoms with van der Waals surface area (Å²) in [5, 5.41) is -0.0251. The van der Waals surface area contributed by atoms with Crippen LogP contribution in [0.4, 0.5) is 4.79 Å². The minimum atomic E-state index is -2.15. The van der Waals surface area contributed by atoms with Crippen LogP contribution in [0.15, 0.2) is 30.3 Å². The van der Waals surface area contributed by atoms with Crippen LogP contribution in [0.3, 0.4) is 0 Å². The molecule has 1 aromatic carbocycles. The van der Waals surface area contributed by atoms with Gasteiger partial charge in [-0.1, -0.05) is 51.1 Å². The quantitative estimate of drug-likeness (QED) is 0.424. The van der Waals surface area contributed by atoms with E-state index in [0.717, 1.165) is 5.56 Å². The fourth-order valence-electron chi connectivity index (χ4n) is 3.10. The van der Waals surface area contributed by atoms with Crippen molar-refractivity contribution in [3.8, 4) is 0 Å². The summed E-state index contributed by atoms with van der Waals surface area (Å²) < 4.78 is 22.5. The molecule has 2 aliphatic rings. The highest BCUT2D eigenvalue weighted by Crippen LogP contribution is 2.47. The molecule has 0 bridgehead atoms. The molecule has 154 valence electrons. The largest absolute Gasteiger partial charge is 0.467 e. The van der Waals surface area contributed by atoms with Crippen molar-refractivity contribution in [1.29, 1.82) is 0 Å². The number of hydrogen-bond acceptors (Lipinski definition) is 6. The molecule has 0 saturated carbocycles. The van der Waals surface area contributed by atoms with E-state index in [1.807, 2.05) is 30.3 Å². The average molecular weight is 408 g/mol. The average Bonchev–Trinajstić information content (AvgIpc) is 3.28. The molecule has 8 heteroatoms. The Morgan fingerprint density at radius 2 is 1.79 bits per heavy atom. The van der Waals surface area contributed by atoms with Gasteiger partial charge in [-0.15, -0.1) is 0 Å². The van der Waals surface area contributed by atoms with Crippen molar-refractivity contribution >= 4 is 20.4 Å². The third-order valence-corrected chi connectivity index (χ3v) is 10.3. The molecular weight excluding hydrogens is 378 g/mol. The van der Waals surface area contributed by atoms with Gasteiger partial charge < -0.3 is 18.6 Å². The van der Waals surface area contributed by atoms with E-state index in [4.69, 9.17) is 18.6 Å². The Morgan fingerprint density at radius 1 is 1.14 bits per heavy atom. The van der Waals surface area contributed by atoms with E-state index in [0.29, 0.717) is 0 Å². The monoisotopic (exact) mass is 407 g/mol. The van der Waals surface area contributed by atoms with Crippen LogP contribution in [0.2, 0.25) is 18.1 Å². The number of methoxy groups -OCH3 is 1. The third-order valence-electron chi connectivity index (χ3n) is 5.84. The Balaban J connectivity index is 1.70. The molecule has 0 spiro atoms. The van der Waals surface area contributed by atoms with Crippen LogP contribution in [-0.2, 0) is 30.0 Å². The van der Waals surface area contributed by atoms with Gasteiger partial charge in [0.1, 0.15) is 12.6 Å². The first kappa shape index (κ1) is 20.8. The van der Waals surface area contributed by atoms with E-state index in [1.165, 1.54) is 12.0 Å². The van der Waals surface area contributed by atoms with Crippen LogP contribution < -0.4 is 0 Å². The van der Waals surface area contributed by atoms with Gasteiger partial charge in [0.15, 0.2) is 20.7 Å². The second-order valence-corrected chi connectivity index (χ2v) is 13.5. The molecule has 3 rings (SSSR count). The molecule has 0 unspecified atom stereocenters. The van der Waals surface area contributed by atoms with Crippen molar-refractivity contribution in [3.05, 3.63) is 35.9 Å². The lowest BCUT2D eigenvalue weighted by Gasteiger charge is -2.38. The van der Waals surface area contributed by atoms with Gasteiger partial charge in [0, 0.05) is 0 Å². The maximum atomic E-state index is 12.6. The second-order valence-electron chi connectivity index (χ2n) is 8.76. The molecule has 2 aliphatic heterocycles. The molecule has 0 radical (unpaired) electrons. The topological polar surface area (TPSA) is 74.1 Å². The molecule has 1 amide bonds. The zero-order valence-electron chi connectivity index (χ0n) is 17.3. The molecule has 0 N–H and O–H groups in total. The summed E-state index contributed by atoms with van der Waals surface area (Å²) in [5.74, 6) is -0.505. The van der Waals surface area contributed by atoms with Gasteiger partial charge in [0.25, 0.3) is 0 Å². The van der Waals surface area contributed by atoms with Crippen molar-refractivity contribution in [3.63, 3.8) is 0 Å². The summed E-state index contributed by atoms with van der Waals surface area (Å²) in [6.45, 7) is 10.8. The van der Waals surface area contributed by atoms with Gasteiger partial charge in [-0.25, -0.2) is 9.59 Å². The Hall–Kier alpha value is -1.90. The van der Waals surface area contributed by atoms with Gasteiger partial charge in [-0.05, 0) is 23.7 Å². The zero-order chi connectivity index (χ0) is 20.7. The van der Waals surface area contributed by atoms with E-state index in [2.05, 4.69) is 33.9 Å². The fourth-order valence-corrected chi connectivity index (χ4v) is 4.23. The molecule has 1 aromatic rings. The van der Waals surface area contributed by atoms with Crippen LogP contribution >= 0.6 is 0 Å². The highest BCUT2D eigenvalue weighted by atomic mass is 28.4. The Bertz CT molecular complexity index is 732. The van der Waals surface area contributed by atoms with E-state index >= 15 is 0 Å². The van der Waals surface area contributed by atoms with Gasteiger partial charge in [-0.2, -0.15) is 0 Å². The summed E-state index contributed by atoms with van der Waals surface area (Å²) in [6.07, 6.45) is -1.98. The number of ether oxygens (including phenoxy) is 3. The van der Waals surface area contributed by atoms with E-state index in [1.54, 1.807) is 0 Å². The molecule has 7 nitrogen and oxygen atoms in total. The maximum absolute atomic E-state index is 12.6. The molecule has 4 atom stereocenters. The normalized spacial score (nSPS) is 26.6. The van der Waals surface area contributed by atoms with E-state index < -0.39 is 38.8 Å². The van der Waals surface area contributed by atoms with Crippen LogP contribution in [0.1, 0.15) is 26.3 Å². The minimum Gasteiger partial charge on any atom is -0.467 e. The summed E-state index contributed by atoms with van der Waals surface area (Å²) >= 11 is 0. The Labute approximate surface area is 167 Å². The number of benzene rings is 1. The first-order valence-corrected chi connectivity index (χ1v) is 12.4. The van der Waals surface area contributed by atoms with Crippen LogP contribution in [0, 0.1) is 0 Å². The lowest BCUT2D eigenvalue weighted by molar-refractivity contribution is -0.168. The van der Waals surface area contributed by atoms with Gasteiger partial charge in [-0.3, -0.25) is 4.90 Å². The standard InChI is InChI=1S/C20H29NO6Si/c1-20(2,3)28(5,6)27-18-15-14(16(26-18)17(22)24-4)21(15)19(23)25-12-13-10-8-7-9-11-13/h7-11,14-16,18H,12H2,1-6H3/t14-,15+,16+,18-,21?/m1/s1. The van der Waals surface area contributed by atoms with Crippen LogP contribution in [0.5, 0.6) is 0 Å². The second kappa shape index (κ2) is 7.49. The first-order valence-electron chi connectivity index (χ1n) is 9.47. The highest BCUT2D eigenvalue weighted by Gasteiger charge is 2.69. The highest BCUT2D eigenvalue weighted by molar-refractivity contribution is 6.74. The molecule has 0 aromatic heterocycles. The molecule has 28 heavy (non-hydrogen) atoms. The SMILES string of the molecule is COC(=O)[C@H]1O[C@H](O[Si](C)(C)C(C)(C)C)[C@@H]2[C@H]1N2C(=O)OCc1ccccc1. The number of nitrogens with zero attached hydrogens (tertiary/aromatic N) is 1. The lowest BCUT2D eigenvalue weighted by atomic mass is 10.2. The van der Waals surface area contributed by atoms with E-state index in [9.17, 15) is 9.59 Å². The number of hydrogen-bond donors (Lipinski definition) is 0. The Morgan fingerprint density at radius 3 is 2.36 bits per heavy atom. The maximum Gasteiger partial charge on any atom is 0.411 e. The Kier molecular flexibility index (Phi) is 5.57. The van der Waals surface area contributed by atoms with Gasteiger partial charge in [0.2, 0.25) is 0 Å². The number of rotatable bonds is 5. The minimum absolute atomic E-state index is 0.0251. The molecule has 2 heterocycles. The van der Waals surface area contributed by atoms with Crippen LogP contribution in [-0.4, -0.2) is 56.9 Å². The molecule has 0 aliphatic carbocycles. The molecule has 2 saturated heterocycles. The van der Waals surface area contributed by atoms with Crippen molar-refractivity contribution in [2.24, 2.45) is 0 Å². The summed E-state index contributed by atoms with van der Waals surface area (Å²) in [7, 11) is -0.842. The van der Waals surface area contributed by atoms with Crippen molar-refractivity contribution in [2.45, 2.75) is 70.0 Å². The van der Waals surface area contributed by atoms with Crippen molar-refractivity contribution < 1.29 is 28.2 Å². The van der Waals surface area contributed by atoms with Crippen LogP contribution in [0.25, 0.3) is 0 Å². The predicted octanol–water partition coefficient (Wildman–Crippen LogP) is 3.30. The number of fused-ring (bicyclic) bond motifs is 1. The van der Waals surface area contributed by atoms with Gasteiger partial charge >= 0.3 is 12.1 Å². The summed E-state index contributed by atoms with van der Waals surface area (Å²) in [6, 6.07) is 8.72. The number of carbonyl (C=O) groups is 2. The lowest BCUT2D eigenvalue weighted by Crippen LogP contribution is -2.47. The number of amides is 1. The zero-order valence-corrected chi connectivity index (χ0v) is 18.3. The summed E-state index contributed by atoms with van der Waals surface area (Å²) in [4.78, 5) is 26.3. The first-order chi connectivity index (χ1) is 13.1. The number of carbonyl (C=O) groups excluding carboxylic acids is 2. The number of morpholine rings is 1. The summed E-state index contributed by atoms with van der Waals surface area (Å²) in [5.41, 5.74) is 0.901. The molecular formula is C20H29NO6Si. The fraction of sp³-hybridized carbons (Fsp3) is 0.600. The van der Waals surface area contributed by atoms with Crippen molar-refractivity contribution in [1.82, 2.24) is 4.90 Å². The van der Waals surface area contributed by atoms with E-state index in [-0.39, 0.29) is 17.7 Å².